The maximum Gasteiger partial charge on any atom is 0.209 e. The Kier molecular flexibility index (Phi) is 5.08. The predicted molar refractivity (Wildman–Crippen MR) is 59.9 cm³/mol. The van der Waals surface area contributed by atoms with Crippen molar-refractivity contribution in [3.8, 4) is 0 Å². The Balaban J connectivity index is 4.02. The first-order chi connectivity index (χ1) is 6.12. The van der Waals surface area contributed by atoms with E-state index in [4.69, 9.17) is 11.6 Å². The van der Waals surface area contributed by atoms with Crippen LogP contribution in [0.2, 0.25) is 0 Å². The highest BCUT2D eigenvalue weighted by Gasteiger charge is 2.21. The van der Waals surface area contributed by atoms with E-state index in [1.165, 1.54) is 0 Å². The summed E-state index contributed by atoms with van der Waals surface area (Å²) in [4.78, 5) is 0. The van der Waals surface area contributed by atoms with E-state index in [9.17, 15) is 8.42 Å². The zero-order valence-corrected chi connectivity index (χ0v) is 10.3. The summed E-state index contributed by atoms with van der Waals surface area (Å²) in [5.41, 5.74) is -0.528. The highest BCUT2D eigenvalue weighted by atomic mass is 35.5. The summed E-state index contributed by atoms with van der Waals surface area (Å²) >= 11 is 5.54. The lowest BCUT2D eigenvalue weighted by molar-refractivity contribution is 0.430. The fourth-order valence-corrected chi connectivity index (χ4v) is 2.22. The van der Waals surface area contributed by atoms with Crippen LogP contribution < -0.4 is 10.0 Å². The lowest BCUT2D eigenvalue weighted by Gasteiger charge is -2.25. The summed E-state index contributed by atoms with van der Waals surface area (Å²) in [6.07, 6.45) is 1.13. The molecule has 0 aliphatic heterocycles. The molecule has 0 amide bonds. The van der Waals surface area contributed by atoms with E-state index in [1.807, 2.05) is 0 Å². The highest BCUT2D eigenvalue weighted by Crippen LogP contribution is 2.02. The fourth-order valence-electron chi connectivity index (χ4n) is 1.05. The molecule has 0 saturated heterocycles. The Hall–Kier alpha value is -0.100. The molecule has 4 nitrogen and oxygen atoms in total. The molecular weight excluding hydrogens is 224 g/mol. The van der Waals surface area contributed by atoms with Gasteiger partial charge in [-0.3, -0.25) is 0 Å². The SMILES string of the molecule is C=C(Cl)CNCC(C)(C)NS(C)(=O)=O. The first-order valence-electron chi connectivity index (χ1n) is 4.15. The van der Waals surface area contributed by atoms with Crippen LogP contribution in [0.1, 0.15) is 13.8 Å². The Bertz CT molecular complexity index is 298. The number of sulfonamides is 1. The van der Waals surface area contributed by atoms with Crippen molar-refractivity contribution in [2.24, 2.45) is 0 Å². The average molecular weight is 241 g/mol. The Morgan fingerprint density at radius 1 is 1.50 bits per heavy atom. The summed E-state index contributed by atoms with van der Waals surface area (Å²) in [5.74, 6) is 0. The van der Waals surface area contributed by atoms with Gasteiger partial charge in [-0.1, -0.05) is 18.2 Å². The molecule has 0 bridgehead atoms. The van der Waals surface area contributed by atoms with Gasteiger partial charge in [0.2, 0.25) is 10.0 Å². The molecule has 0 heterocycles. The Labute approximate surface area is 90.8 Å². The van der Waals surface area contributed by atoms with E-state index in [0.717, 1.165) is 6.26 Å². The van der Waals surface area contributed by atoms with Gasteiger partial charge in [-0.25, -0.2) is 13.1 Å². The summed E-state index contributed by atoms with van der Waals surface area (Å²) in [6, 6.07) is 0. The van der Waals surface area contributed by atoms with Crippen molar-refractivity contribution >= 4 is 21.6 Å². The highest BCUT2D eigenvalue weighted by molar-refractivity contribution is 7.88. The second kappa shape index (κ2) is 5.11. The minimum Gasteiger partial charge on any atom is -0.310 e. The van der Waals surface area contributed by atoms with Crippen LogP contribution in [-0.4, -0.2) is 33.3 Å². The van der Waals surface area contributed by atoms with Crippen LogP contribution >= 0.6 is 11.6 Å². The van der Waals surface area contributed by atoms with Gasteiger partial charge in [-0.05, 0) is 13.8 Å². The number of hydrogen-bond donors (Lipinski definition) is 2. The maximum atomic E-state index is 11.0. The zero-order valence-electron chi connectivity index (χ0n) is 8.72. The second-order valence-corrected chi connectivity index (χ2v) is 6.16. The van der Waals surface area contributed by atoms with E-state index in [1.54, 1.807) is 13.8 Å². The molecule has 0 fully saturated rings. The van der Waals surface area contributed by atoms with Crippen molar-refractivity contribution in [1.82, 2.24) is 10.0 Å². The molecular formula is C8H17ClN2O2S. The van der Waals surface area contributed by atoms with Crippen molar-refractivity contribution in [2.75, 3.05) is 19.3 Å². The first kappa shape index (κ1) is 13.9. The first-order valence-corrected chi connectivity index (χ1v) is 6.42. The molecule has 0 atom stereocenters. The van der Waals surface area contributed by atoms with Crippen molar-refractivity contribution in [3.05, 3.63) is 11.6 Å². The molecule has 0 aliphatic rings. The van der Waals surface area contributed by atoms with Crippen molar-refractivity contribution in [3.63, 3.8) is 0 Å². The van der Waals surface area contributed by atoms with Crippen LogP contribution in [0.5, 0.6) is 0 Å². The van der Waals surface area contributed by atoms with Gasteiger partial charge in [0, 0.05) is 23.7 Å². The number of hydrogen-bond acceptors (Lipinski definition) is 3. The fraction of sp³-hybridized carbons (Fsp3) is 0.750. The maximum absolute atomic E-state index is 11.0. The van der Waals surface area contributed by atoms with Crippen LogP contribution in [0.3, 0.4) is 0 Å². The third-order valence-corrected chi connectivity index (χ3v) is 2.40. The van der Waals surface area contributed by atoms with Crippen LogP contribution in [0.25, 0.3) is 0 Å². The second-order valence-electron chi connectivity index (χ2n) is 3.88. The lowest BCUT2D eigenvalue weighted by Crippen LogP contribution is -2.50. The standard InChI is InChI=1S/C8H17ClN2O2S/c1-7(9)5-10-6-8(2,3)11-14(4,12)13/h10-11H,1,5-6H2,2-4H3. The molecule has 14 heavy (non-hydrogen) atoms. The lowest BCUT2D eigenvalue weighted by atomic mass is 10.1. The van der Waals surface area contributed by atoms with Gasteiger partial charge < -0.3 is 5.32 Å². The molecule has 2 N–H and O–H groups in total. The molecule has 0 rings (SSSR count). The van der Waals surface area contributed by atoms with E-state index >= 15 is 0 Å². The smallest absolute Gasteiger partial charge is 0.209 e. The average Bonchev–Trinajstić information content (AvgIpc) is 1.78. The molecule has 0 unspecified atom stereocenters. The van der Waals surface area contributed by atoms with Gasteiger partial charge in [0.25, 0.3) is 0 Å². The zero-order chi connectivity index (χ0) is 11.4. The van der Waals surface area contributed by atoms with Gasteiger partial charge >= 0.3 is 0 Å². The van der Waals surface area contributed by atoms with Crippen molar-refractivity contribution in [2.45, 2.75) is 19.4 Å². The molecule has 0 saturated carbocycles. The van der Waals surface area contributed by atoms with Crippen LogP contribution in [0.15, 0.2) is 11.6 Å². The molecule has 0 aromatic carbocycles. The molecule has 84 valence electrons. The monoisotopic (exact) mass is 240 g/mol. The molecule has 6 heteroatoms. The van der Waals surface area contributed by atoms with Gasteiger partial charge in [-0.15, -0.1) is 0 Å². The van der Waals surface area contributed by atoms with Gasteiger partial charge in [-0.2, -0.15) is 0 Å². The van der Waals surface area contributed by atoms with Crippen molar-refractivity contribution < 1.29 is 8.42 Å². The molecule has 0 spiro atoms. The van der Waals surface area contributed by atoms with Crippen LogP contribution in [0, 0.1) is 0 Å². The molecule has 0 radical (unpaired) electrons. The van der Waals surface area contributed by atoms with Crippen LogP contribution in [-0.2, 0) is 10.0 Å². The number of rotatable bonds is 6. The molecule has 0 aliphatic carbocycles. The third kappa shape index (κ3) is 8.50. The largest absolute Gasteiger partial charge is 0.310 e. The van der Waals surface area contributed by atoms with Crippen LogP contribution in [0.4, 0.5) is 0 Å². The molecule has 0 aromatic rings. The molecule has 0 aromatic heterocycles. The number of halogens is 1. The minimum absolute atomic E-state index is 0.469. The van der Waals surface area contributed by atoms with E-state index in [2.05, 4.69) is 16.6 Å². The van der Waals surface area contributed by atoms with Gasteiger partial charge in [0.05, 0.1) is 6.26 Å². The van der Waals surface area contributed by atoms with Gasteiger partial charge in [0.1, 0.15) is 0 Å². The van der Waals surface area contributed by atoms with Gasteiger partial charge in [0.15, 0.2) is 0 Å². The Morgan fingerprint density at radius 3 is 2.36 bits per heavy atom. The summed E-state index contributed by atoms with van der Waals surface area (Å²) in [5, 5.41) is 3.49. The quantitative estimate of drug-likeness (QED) is 0.717. The number of nitrogens with one attached hydrogen (secondary N) is 2. The summed E-state index contributed by atoms with van der Waals surface area (Å²) in [7, 11) is -3.18. The normalized spacial score (nSPS) is 12.9. The summed E-state index contributed by atoms with van der Waals surface area (Å²) in [6.45, 7) is 8.05. The van der Waals surface area contributed by atoms with Crippen molar-refractivity contribution in [1.29, 1.82) is 0 Å². The predicted octanol–water partition coefficient (Wildman–Crippen LogP) is 0.656. The topological polar surface area (TPSA) is 58.2 Å². The van der Waals surface area contributed by atoms with E-state index < -0.39 is 15.6 Å². The van der Waals surface area contributed by atoms with E-state index in [-0.39, 0.29) is 0 Å². The third-order valence-electron chi connectivity index (χ3n) is 1.35. The Morgan fingerprint density at radius 2 is 2.00 bits per heavy atom. The minimum atomic E-state index is -3.18. The van der Waals surface area contributed by atoms with E-state index in [0.29, 0.717) is 18.1 Å². The summed E-state index contributed by atoms with van der Waals surface area (Å²) < 4.78 is 24.4.